The Morgan fingerprint density at radius 3 is 2.44 bits per heavy atom. The number of likely N-dealkylation sites (N-methyl/N-ethyl adjacent to an activating group) is 1. The number of hydrogen-bond donors (Lipinski definition) is 1. The molecule has 0 saturated heterocycles. The zero-order chi connectivity index (χ0) is 13.7. The third-order valence-electron chi connectivity index (χ3n) is 3.55. The lowest BCUT2D eigenvalue weighted by molar-refractivity contribution is 0.165. The Labute approximate surface area is 114 Å². The first-order valence-corrected chi connectivity index (χ1v) is 6.79. The van der Waals surface area contributed by atoms with Gasteiger partial charge < -0.3 is 5.73 Å². The molecule has 0 spiro atoms. The van der Waals surface area contributed by atoms with Gasteiger partial charge in [0.05, 0.1) is 0 Å². The van der Waals surface area contributed by atoms with Gasteiger partial charge in [-0.1, -0.05) is 25.4 Å². The van der Waals surface area contributed by atoms with Crippen molar-refractivity contribution in [2.45, 2.75) is 38.8 Å². The molecule has 0 radical (unpaired) electrons. The van der Waals surface area contributed by atoms with E-state index in [2.05, 4.69) is 18.7 Å². The first kappa shape index (κ1) is 15.4. The second kappa shape index (κ2) is 7.07. The fourth-order valence-corrected chi connectivity index (χ4v) is 2.58. The molecule has 1 aromatic carbocycles. The van der Waals surface area contributed by atoms with E-state index in [-0.39, 0.29) is 11.9 Å². The van der Waals surface area contributed by atoms with Crippen molar-refractivity contribution in [3.63, 3.8) is 0 Å². The zero-order valence-corrected chi connectivity index (χ0v) is 12.0. The van der Waals surface area contributed by atoms with Gasteiger partial charge in [0.25, 0.3) is 0 Å². The van der Waals surface area contributed by atoms with Crippen molar-refractivity contribution in [1.29, 1.82) is 0 Å². The summed E-state index contributed by atoms with van der Waals surface area (Å²) in [7, 11) is 2.00. The van der Waals surface area contributed by atoms with Crippen molar-refractivity contribution < 1.29 is 4.39 Å². The molecular formula is C14H22ClFN2. The fraction of sp³-hybridized carbons (Fsp3) is 0.571. The predicted molar refractivity (Wildman–Crippen MR) is 75.3 cm³/mol. The smallest absolute Gasteiger partial charge is 0.128 e. The highest BCUT2D eigenvalue weighted by Crippen LogP contribution is 2.27. The summed E-state index contributed by atoms with van der Waals surface area (Å²) in [4.78, 5) is 2.15. The molecule has 1 atom stereocenters. The summed E-state index contributed by atoms with van der Waals surface area (Å²) >= 11 is 5.94. The molecule has 1 rings (SSSR count). The second-order valence-electron chi connectivity index (χ2n) is 4.55. The molecule has 0 heterocycles. The molecule has 0 aliphatic heterocycles. The minimum absolute atomic E-state index is 0.131. The number of nitrogens with zero attached hydrogens (tertiary/aromatic N) is 1. The third-order valence-corrected chi connectivity index (χ3v) is 3.79. The van der Waals surface area contributed by atoms with Gasteiger partial charge >= 0.3 is 0 Å². The molecule has 102 valence electrons. The normalized spacial score (nSPS) is 13.3. The van der Waals surface area contributed by atoms with Gasteiger partial charge in [0.2, 0.25) is 0 Å². The summed E-state index contributed by atoms with van der Waals surface area (Å²) in [6.45, 7) is 4.64. The van der Waals surface area contributed by atoms with Crippen molar-refractivity contribution in [1.82, 2.24) is 4.90 Å². The van der Waals surface area contributed by atoms with Gasteiger partial charge in [-0.2, -0.15) is 0 Å². The van der Waals surface area contributed by atoms with Crippen LogP contribution in [0.15, 0.2) is 18.2 Å². The van der Waals surface area contributed by atoms with E-state index >= 15 is 0 Å². The summed E-state index contributed by atoms with van der Waals surface area (Å²) in [6.07, 6.45) is 2.04. The van der Waals surface area contributed by atoms with Gasteiger partial charge in [-0.15, -0.1) is 0 Å². The van der Waals surface area contributed by atoms with E-state index in [9.17, 15) is 4.39 Å². The van der Waals surface area contributed by atoms with Crippen LogP contribution in [-0.2, 0) is 0 Å². The van der Waals surface area contributed by atoms with Crippen LogP contribution in [0.25, 0.3) is 0 Å². The van der Waals surface area contributed by atoms with Gasteiger partial charge in [0, 0.05) is 29.2 Å². The van der Waals surface area contributed by atoms with E-state index in [1.807, 2.05) is 7.05 Å². The fourth-order valence-electron chi connectivity index (χ4n) is 2.40. The van der Waals surface area contributed by atoms with Crippen LogP contribution in [0, 0.1) is 5.82 Å². The lowest BCUT2D eigenvalue weighted by Gasteiger charge is -2.34. The number of halogens is 2. The van der Waals surface area contributed by atoms with Gasteiger partial charge in [-0.05, 0) is 38.1 Å². The van der Waals surface area contributed by atoms with Crippen molar-refractivity contribution >= 4 is 11.6 Å². The molecule has 0 aliphatic carbocycles. The molecule has 0 aromatic heterocycles. The molecule has 0 amide bonds. The van der Waals surface area contributed by atoms with Crippen molar-refractivity contribution in [2.75, 3.05) is 13.6 Å². The van der Waals surface area contributed by atoms with Crippen molar-refractivity contribution in [3.8, 4) is 0 Å². The van der Waals surface area contributed by atoms with E-state index < -0.39 is 0 Å². The first-order chi connectivity index (χ1) is 8.54. The number of hydrogen-bond acceptors (Lipinski definition) is 2. The largest absolute Gasteiger partial charge is 0.329 e. The molecule has 4 heteroatoms. The lowest BCUT2D eigenvalue weighted by Crippen LogP contribution is -2.38. The molecule has 0 aliphatic rings. The molecule has 18 heavy (non-hydrogen) atoms. The van der Waals surface area contributed by atoms with Gasteiger partial charge in [0.15, 0.2) is 0 Å². The van der Waals surface area contributed by atoms with E-state index in [0.29, 0.717) is 23.2 Å². The quantitative estimate of drug-likeness (QED) is 0.857. The number of nitrogens with two attached hydrogens (primary N) is 1. The maximum atomic E-state index is 13.9. The zero-order valence-electron chi connectivity index (χ0n) is 11.3. The Morgan fingerprint density at radius 2 is 1.94 bits per heavy atom. The molecule has 1 aromatic rings. The number of rotatable bonds is 6. The van der Waals surface area contributed by atoms with Crippen molar-refractivity contribution in [3.05, 3.63) is 34.6 Å². The molecule has 0 fully saturated rings. The molecule has 0 saturated carbocycles. The summed E-state index contributed by atoms with van der Waals surface area (Å²) in [6, 6.07) is 4.91. The number of benzene rings is 1. The van der Waals surface area contributed by atoms with E-state index in [0.717, 1.165) is 12.8 Å². The van der Waals surface area contributed by atoms with Crippen LogP contribution in [-0.4, -0.2) is 24.5 Å². The summed E-state index contributed by atoms with van der Waals surface area (Å²) in [5.74, 6) is -0.243. The maximum Gasteiger partial charge on any atom is 0.128 e. The van der Waals surface area contributed by atoms with Gasteiger partial charge in [0.1, 0.15) is 5.82 Å². The maximum absolute atomic E-state index is 13.9. The van der Waals surface area contributed by atoms with E-state index in [1.54, 1.807) is 12.1 Å². The highest BCUT2D eigenvalue weighted by Gasteiger charge is 2.23. The summed E-state index contributed by atoms with van der Waals surface area (Å²) < 4.78 is 13.9. The molecule has 0 bridgehead atoms. The Bertz CT molecular complexity index is 380. The van der Waals surface area contributed by atoms with Gasteiger partial charge in [-0.25, -0.2) is 4.39 Å². The highest BCUT2D eigenvalue weighted by atomic mass is 35.5. The minimum Gasteiger partial charge on any atom is -0.329 e. The Kier molecular flexibility index (Phi) is 6.06. The van der Waals surface area contributed by atoms with Crippen LogP contribution >= 0.6 is 11.6 Å². The molecule has 2 N–H and O–H groups in total. The lowest BCUT2D eigenvalue weighted by atomic mass is 10.0. The second-order valence-corrected chi connectivity index (χ2v) is 4.99. The Hall–Kier alpha value is -0.640. The van der Waals surface area contributed by atoms with Crippen LogP contribution in [0.2, 0.25) is 5.02 Å². The SMILES string of the molecule is CCC(CC)N(C)C(CN)c1cc(Cl)ccc1F. The first-order valence-electron chi connectivity index (χ1n) is 6.42. The summed E-state index contributed by atoms with van der Waals surface area (Å²) in [5.41, 5.74) is 6.40. The van der Waals surface area contributed by atoms with Crippen LogP contribution < -0.4 is 5.73 Å². The Morgan fingerprint density at radius 1 is 1.33 bits per heavy atom. The minimum atomic E-state index is -0.243. The highest BCUT2D eigenvalue weighted by molar-refractivity contribution is 6.30. The van der Waals surface area contributed by atoms with Crippen LogP contribution in [0.3, 0.4) is 0 Å². The Balaban J connectivity index is 3.05. The van der Waals surface area contributed by atoms with Crippen LogP contribution in [0.5, 0.6) is 0 Å². The topological polar surface area (TPSA) is 29.3 Å². The molecule has 2 nitrogen and oxygen atoms in total. The van der Waals surface area contributed by atoms with E-state index in [1.165, 1.54) is 6.07 Å². The average molecular weight is 273 g/mol. The average Bonchev–Trinajstić information content (AvgIpc) is 2.36. The monoisotopic (exact) mass is 272 g/mol. The molecule has 1 unspecified atom stereocenters. The van der Waals surface area contributed by atoms with E-state index in [4.69, 9.17) is 17.3 Å². The van der Waals surface area contributed by atoms with Crippen molar-refractivity contribution in [2.24, 2.45) is 5.73 Å². The van der Waals surface area contributed by atoms with Gasteiger partial charge in [-0.3, -0.25) is 4.90 Å². The third kappa shape index (κ3) is 3.44. The summed E-state index contributed by atoms with van der Waals surface area (Å²) in [5, 5.41) is 0.544. The predicted octanol–water partition coefficient (Wildman–Crippen LogP) is 3.60. The molecular weight excluding hydrogens is 251 g/mol. The van der Waals surface area contributed by atoms with Crippen LogP contribution in [0.4, 0.5) is 4.39 Å². The van der Waals surface area contributed by atoms with Crippen LogP contribution in [0.1, 0.15) is 38.3 Å². The standard InChI is InChI=1S/C14H22ClFN2/c1-4-11(5-2)18(3)14(9-17)12-8-10(15)6-7-13(12)16/h6-8,11,14H,4-5,9,17H2,1-3H3.